The van der Waals surface area contributed by atoms with E-state index in [4.69, 9.17) is 0 Å². The van der Waals surface area contributed by atoms with Crippen molar-refractivity contribution in [2.24, 2.45) is 0 Å². The fourth-order valence-electron chi connectivity index (χ4n) is 2.63. The first kappa shape index (κ1) is 13.7. The number of rotatable bonds is 5. The number of carboxylic acid groups (broad SMARTS) is 1. The van der Waals surface area contributed by atoms with Crippen LogP contribution in [-0.2, 0) is 13.0 Å². The van der Waals surface area contributed by atoms with Crippen LogP contribution in [0.15, 0.2) is 18.3 Å². The molecular weight excluding hydrogens is 238 g/mol. The van der Waals surface area contributed by atoms with Crippen LogP contribution in [0.25, 0.3) is 10.9 Å². The van der Waals surface area contributed by atoms with E-state index in [9.17, 15) is 9.90 Å². The first-order valence-electron chi connectivity index (χ1n) is 6.94. The topological polar surface area (TPSA) is 42.2 Å². The number of aromatic carboxylic acids is 1. The largest absolute Gasteiger partial charge is 0.478 e. The van der Waals surface area contributed by atoms with E-state index < -0.39 is 5.97 Å². The molecular formula is C16H21NO2. The Balaban J connectivity index is 2.73. The summed E-state index contributed by atoms with van der Waals surface area (Å²) >= 11 is 0. The average Bonchev–Trinajstić information content (AvgIpc) is 2.73. The van der Waals surface area contributed by atoms with Crippen molar-refractivity contribution in [3.8, 4) is 0 Å². The van der Waals surface area contributed by atoms with Gasteiger partial charge in [0.05, 0.1) is 11.1 Å². The van der Waals surface area contributed by atoms with Crippen molar-refractivity contribution in [2.45, 2.75) is 46.6 Å². The standard InChI is InChI=1S/C16H21NO2/c1-4-6-9-17-10-12(5-2)13-8-7-11(3)14(15(13)17)16(18)19/h7-8,10H,4-6,9H2,1-3H3,(H,18,19). The molecule has 0 aliphatic heterocycles. The lowest BCUT2D eigenvalue weighted by Gasteiger charge is -2.09. The second kappa shape index (κ2) is 5.47. The number of hydrogen-bond acceptors (Lipinski definition) is 1. The van der Waals surface area contributed by atoms with Crippen LogP contribution in [0.5, 0.6) is 0 Å². The molecule has 19 heavy (non-hydrogen) atoms. The molecule has 1 N–H and O–H groups in total. The molecule has 0 saturated heterocycles. The van der Waals surface area contributed by atoms with E-state index in [1.54, 1.807) is 0 Å². The number of fused-ring (bicyclic) bond motifs is 1. The molecule has 0 aliphatic rings. The lowest BCUT2D eigenvalue weighted by Crippen LogP contribution is -2.05. The highest BCUT2D eigenvalue weighted by Crippen LogP contribution is 2.28. The number of hydrogen-bond donors (Lipinski definition) is 1. The molecule has 102 valence electrons. The molecule has 0 spiro atoms. The van der Waals surface area contributed by atoms with Crippen LogP contribution in [-0.4, -0.2) is 15.6 Å². The first-order chi connectivity index (χ1) is 9.10. The van der Waals surface area contributed by atoms with Crippen LogP contribution in [0, 0.1) is 6.92 Å². The quantitative estimate of drug-likeness (QED) is 0.881. The Morgan fingerprint density at radius 2 is 2.05 bits per heavy atom. The molecule has 3 nitrogen and oxygen atoms in total. The third kappa shape index (κ3) is 2.37. The Morgan fingerprint density at radius 1 is 1.32 bits per heavy atom. The monoisotopic (exact) mass is 259 g/mol. The molecule has 0 aliphatic carbocycles. The van der Waals surface area contributed by atoms with Crippen LogP contribution >= 0.6 is 0 Å². The van der Waals surface area contributed by atoms with Gasteiger partial charge in [0.25, 0.3) is 0 Å². The predicted molar refractivity (Wildman–Crippen MR) is 77.9 cm³/mol. The molecule has 1 aromatic heterocycles. The van der Waals surface area contributed by atoms with Crippen LogP contribution in [0.4, 0.5) is 0 Å². The van der Waals surface area contributed by atoms with Gasteiger partial charge in [-0.1, -0.05) is 32.4 Å². The van der Waals surface area contributed by atoms with Crippen molar-refractivity contribution >= 4 is 16.9 Å². The third-order valence-electron chi connectivity index (χ3n) is 3.68. The van der Waals surface area contributed by atoms with Crippen molar-refractivity contribution in [1.82, 2.24) is 4.57 Å². The molecule has 2 rings (SSSR count). The third-order valence-corrected chi connectivity index (χ3v) is 3.68. The van der Waals surface area contributed by atoms with Crippen molar-refractivity contribution in [1.29, 1.82) is 0 Å². The van der Waals surface area contributed by atoms with E-state index in [-0.39, 0.29) is 0 Å². The first-order valence-corrected chi connectivity index (χ1v) is 6.94. The minimum Gasteiger partial charge on any atom is -0.478 e. The lowest BCUT2D eigenvalue weighted by molar-refractivity contribution is 0.0698. The molecule has 0 saturated carbocycles. The Morgan fingerprint density at radius 3 is 2.63 bits per heavy atom. The van der Waals surface area contributed by atoms with E-state index in [1.165, 1.54) is 5.56 Å². The van der Waals surface area contributed by atoms with Gasteiger partial charge in [-0.2, -0.15) is 0 Å². The van der Waals surface area contributed by atoms with Crippen molar-refractivity contribution in [3.05, 3.63) is 35.0 Å². The predicted octanol–water partition coefficient (Wildman–Crippen LogP) is 4.01. The Hall–Kier alpha value is -1.77. The van der Waals surface area contributed by atoms with Gasteiger partial charge in [0.1, 0.15) is 0 Å². The molecule has 0 fully saturated rings. The van der Waals surface area contributed by atoms with Crippen molar-refractivity contribution < 1.29 is 9.90 Å². The van der Waals surface area contributed by atoms with Crippen molar-refractivity contribution in [2.75, 3.05) is 0 Å². The molecule has 0 amide bonds. The second-order valence-corrected chi connectivity index (χ2v) is 5.01. The number of aromatic nitrogens is 1. The van der Waals surface area contributed by atoms with Crippen LogP contribution in [0.3, 0.4) is 0 Å². The minimum absolute atomic E-state index is 0.452. The fraction of sp³-hybridized carbons (Fsp3) is 0.438. The van der Waals surface area contributed by atoms with Crippen LogP contribution in [0.1, 0.15) is 48.2 Å². The zero-order chi connectivity index (χ0) is 14.0. The van der Waals surface area contributed by atoms with E-state index >= 15 is 0 Å². The fourth-order valence-corrected chi connectivity index (χ4v) is 2.63. The van der Waals surface area contributed by atoms with Gasteiger partial charge >= 0.3 is 5.97 Å². The smallest absolute Gasteiger partial charge is 0.338 e. The van der Waals surface area contributed by atoms with Crippen molar-refractivity contribution in [3.63, 3.8) is 0 Å². The molecule has 1 heterocycles. The molecule has 0 atom stereocenters. The summed E-state index contributed by atoms with van der Waals surface area (Å²) in [5, 5.41) is 10.6. The van der Waals surface area contributed by atoms with E-state index in [0.29, 0.717) is 5.56 Å². The Kier molecular flexibility index (Phi) is 3.93. The number of benzene rings is 1. The van der Waals surface area contributed by atoms with Gasteiger partial charge in [0.2, 0.25) is 0 Å². The molecule has 2 aromatic rings. The lowest BCUT2D eigenvalue weighted by atomic mass is 10.0. The molecule has 1 aromatic carbocycles. The van der Waals surface area contributed by atoms with Gasteiger partial charge in [0, 0.05) is 18.1 Å². The van der Waals surface area contributed by atoms with Gasteiger partial charge in [-0.3, -0.25) is 0 Å². The summed E-state index contributed by atoms with van der Waals surface area (Å²) in [4.78, 5) is 11.5. The Labute approximate surface area is 113 Å². The van der Waals surface area contributed by atoms with E-state index in [1.807, 2.05) is 13.0 Å². The van der Waals surface area contributed by atoms with Gasteiger partial charge in [-0.25, -0.2) is 4.79 Å². The molecule has 0 unspecified atom stereocenters. The number of carbonyl (C=O) groups is 1. The highest BCUT2D eigenvalue weighted by Gasteiger charge is 2.17. The van der Waals surface area contributed by atoms with Gasteiger partial charge in [0.15, 0.2) is 0 Å². The number of nitrogens with zero attached hydrogens (tertiary/aromatic N) is 1. The molecule has 3 heteroatoms. The summed E-state index contributed by atoms with van der Waals surface area (Å²) in [6.07, 6.45) is 5.22. The zero-order valence-corrected chi connectivity index (χ0v) is 11.9. The van der Waals surface area contributed by atoms with E-state index in [2.05, 4.69) is 30.7 Å². The van der Waals surface area contributed by atoms with Gasteiger partial charge in [-0.15, -0.1) is 0 Å². The maximum Gasteiger partial charge on any atom is 0.338 e. The summed E-state index contributed by atoms with van der Waals surface area (Å²) in [7, 11) is 0. The van der Waals surface area contributed by atoms with Crippen LogP contribution in [0.2, 0.25) is 0 Å². The zero-order valence-electron chi connectivity index (χ0n) is 11.9. The number of aryl methyl sites for hydroxylation is 3. The maximum atomic E-state index is 11.5. The minimum atomic E-state index is -0.832. The average molecular weight is 259 g/mol. The summed E-state index contributed by atoms with van der Waals surface area (Å²) in [5.74, 6) is -0.832. The SMILES string of the molecule is CCCCn1cc(CC)c2ccc(C)c(C(=O)O)c21. The second-order valence-electron chi connectivity index (χ2n) is 5.01. The highest BCUT2D eigenvalue weighted by atomic mass is 16.4. The Bertz CT molecular complexity index is 611. The van der Waals surface area contributed by atoms with Gasteiger partial charge < -0.3 is 9.67 Å². The number of carboxylic acids is 1. The summed E-state index contributed by atoms with van der Waals surface area (Å²) < 4.78 is 2.12. The maximum absolute atomic E-state index is 11.5. The van der Waals surface area contributed by atoms with Gasteiger partial charge in [-0.05, 0) is 30.9 Å². The normalized spacial score (nSPS) is 11.1. The highest BCUT2D eigenvalue weighted by molar-refractivity contribution is 6.04. The summed E-state index contributed by atoms with van der Waals surface area (Å²) in [6.45, 7) is 7.01. The molecule has 0 radical (unpaired) electrons. The summed E-state index contributed by atoms with van der Waals surface area (Å²) in [6, 6.07) is 3.97. The molecule has 0 bridgehead atoms. The summed E-state index contributed by atoms with van der Waals surface area (Å²) in [5.41, 5.74) is 3.40. The number of unbranched alkanes of at least 4 members (excludes halogenated alkanes) is 1. The van der Waals surface area contributed by atoms with Crippen LogP contribution < -0.4 is 0 Å². The van der Waals surface area contributed by atoms with E-state index in [0.717, 1.165) is 42.3 Å².